The summed E-state index contributed by atoms with van der Waals surface area (Å²) in [4.78, 5) is 13.7. The Bertz CT molecular complexity index is 373. The highest BCUT2D eigenvalue weighted by atomic mass is 35.5. The van der Waals surface area contributed by atoms with Crippen molar-refractivity contribution in [1.82, 2.24) is 0 Å². The first-order valence-electron chi connectivity index (χ1n) is 6.05. The third-order valence-electron chi connectivity index (χ3n) is 2.20. The van der Waals surface area contributed by atoms with Crippen LogP contribution in [0.3, 0.4) is 0 Å². The number of carbonyl (C=O) groups excluding carboxylic acids is 1. The Morgan fingerprint density at radius 3 is 2.39 bits per heavy atom. The van der Waals surface area contributed by atoms with E-state index in [4.69, 9.17) is 16.3 Å². The molecule has 0 radical (unpaired) electrons. The van der Waals surface area contributed by atoms with E-state index in [2.05, 4.69) is 0 Å². The number of alkyl halides is 1. The van der Waals surface area contributed by atoms with Gasteiger partial charge in [0, 0.05) is 18.1 Å². The van der Waals surface area contributed by atoms with Crippen molar-refractivity contribution in [3.63, 3.8) is 0 Å². The molecule has 0 N–H and O–H groups in total. The molecule has 0 bridgehead atoms. The number of rotatable bonds is 4. The summed E-state index contributed by atoms with van der Waals surface area (Å²) in [7, 11) is 0. The van der Waals surface area contributed by atoms with E-state index < -0.39 is 5.60 Å². The fourth-order valence-corrected chi connectivity index (χ4v) is 1.59. The zero-order valence-corrected chi connectivity index (χ0v) is 11.9. The molecule has 100 valence electrons. The van der Waals surface area contributed by atoms with Crippen molar-refractivity contribution in [2.75, 3.05) is 17.3 Å². The highest BCUT2D eigenvalue weighted by Crippen LogP contribution is 2.18. The van der Waals surface area contributed by atoms with Crippen LogP contribution in [-0.2, 0) is 4.74 Å². The lowest BCUT2D eigenvalue weighted by atomic mass is 10.2. The maximum Gasteiger partial charge on any atom is 0.414 e. The predicted molar refractivity (Wildman–Crippen MR) is 75.4 cm³/mol. The van der Waals surface area contributed by atoms with Crippen LogP contribution in [0.15, 0.2) is 30.3 Å². The SMILES string of the molecule is CC(C)(C)OC(=O)N(CCCCl)c1ccccc1. The molecule has 0 saturated heterocycles. The van der Waals surface area contributed by atoms with Gasteiger partial charge in [-0.3, -0.25) is 4.90 Å². The fraction of sp³-hybridized carbons (Fsp3) is 0.500. The van der Waals surface area contributed by atoms with E-state index in [9.17, 15) is 4.79 Å². The smallest absolute Gasteiger partial charge is 0.414 e. The monoisotopic (exact) mass is 269 g/mol. The van der Waals surface area contributed by atoms with Crippen molar-refractivity contribution in [2.45, 2.75) is 32.8 Å². The number of anilines is 1. The molecule has 0 fully saturated rings. The highest BCUT2D eigenvalue weighted by molar-refractivity contribution is 6.17. The Labute approximate surface area is 114 Å². The van der Waals surface area contributed by atoms with Gasteiger partial charge in [0.2, 0.25) is 0 Å². The normalized spacial score (nSPS) is 11.1. The van der Waals surface area contributed by atoms with Gasteiger partial charge < -0.3 is 4.74 Å². The molecule has 0 spiro atoms. The zero-order valence-electron chi connectivity index (χ0n) is 11.1. The van der Waals surface area contributed by atoms with Crippen molar-refractivity contribution in [1.29, 1.82) is 0 Å². The molecule has 0 atom stereocenters. The lowest BCUT2D eigenvalue weighted by Crippen LogP contribution is -2.37. The first kappa shape index (κ1) is 14.8. The minimum atomic E-state index is -0.495. The van der Waals surface area contributed by atoms with Crippen LogP contribution in [0.4, 0.5) is 10.5 Å². The summed E-state index contributed by atoms with van der Waals surface area (Å²) in [5.41, 5.74) is 0.335. The summed E-state index contributed by atoms with van der Waals surface area (Å²) >= 11 is 5.69. The Morgan fingerprint density at radius 1 is 1.28 bits per heavy atom. The van der Waals surface area contributed by atoms with Gasteiger partial charge in [0.1, 0.15) is 5.60 Å². The molecule has 1 amide bonds. The average molecular weight is 270 g/mol. The summed E-state index contributed by atoms with van der Waals surface area (Å²) in [6.07, 6.45) is 0.397. The van der Waals surface area contributed by atoms with E-state index >= 15 is 0 Å². The van der Waals surface area contributed by atoms with Crippen LogP contribution >= 0.6 is 11.6 Å². The number of benzene rings is 1. The molecule has 3 nitrogen and oxygen atoms in total. The quantitative estimate of drug-likeness (QED) is 0.772. The molecular formula is C14H20ClNO2. The van der Waals surface area contributed by atoms with E-state index in [0.29, 0.717) is 12.4 Å². The van der Waals surface area contributed by atoms with Crippen LogP contribution < -0.4 is 4.90 Å². The zero-order chi connectivity index (χ0) is 13.6. The summed E-state index contributed by atoms with van der Waals surface area (Å²) in [6, 6.07) is 9.48. The molecule has 0 aromatic heterocycles. The summed E-state index contributed by atoms with van der Waals surface area (Å²) in [5.74, 6) is 0.520. The molecule has 1 aromatic rings. The Balaban J connectivity index is 2.82. The molecule has 0 aliphatic heterocycles. The number of carbonyl (C=O) groups is 1. The van der Waals surface area contributed by atoms with Gasteiger partial charge in [0.15, 0.2) is 0 Å². The van der Waals surface area contributed by atoms with Gasteiger partial charge in [-0.25, -0.2) is 4.79 Å². The minimum absolute atomic E-state index is 0.334. The van der Waals surface area contributed by atoms with Gasteiger partial charge in [0.05, 0.1) is 0 Å². The second kappa shape index (κ2) is 6.64. The van der Waals surface area contributed by atoms with Gasteiger partial charge in [0.25, 0.3) is 0 Å². The number of amides is 1. The van der Waals surface area contributed by atoms with E-state index in [0.717, 1.165) is 12.1 Å². The number of ether oxygens (including phenoxy) is 1. The summed E-state index contributed by atoms with van der Waals surface area (Å²) in [6.45, 7) is 6.13. The fourth-order valence-electron chi connectivity index (χ4n) is 1.47. The number of hydrogen-bond donors (Lipinski definition) is 0. The van der Waals surface area contributed by atoms with E-state index in [1.54, 1.807) is 4.90 Å². The van der Waals surface area contributed by atoms with Gasteiger partial charge in [-0.2, -0.15) is 0 Å². The van der Waals surface area contributed by atoms with Gasteiger partial charge in [-0.15, -0.1) is 11.6 Å². The molecule has 0 heterocycles. The third kappa shape index (κ3) is 4.96. The second-order valence-corrected chi connectivity index (χ2v) is 5.39. The molecule has 0 aliphatic carbocycles. The van der Waals surface area contributed by atoms with Crippen molar-refractivity contribution in [3.05, 3.63) is 30.3 Å². The molecule has 18 heavy (non-hydrogen) atoms. The summed E-state index contributed by atoms with van der Waals surface area (Å²) in [5, 5.41) is 0. The lowest BCUT2D eigenvalue weighted by Gasteiger charge is -2.27. The number of para-hydroxylation sites is 1. The molecule has 0 saturated carbocycles. The molecule has 1 aromatic carbocycles. The van der Waals surface area contributed by atoms with Crippen LogP contribution in [0.2, 0.25) is 0 Å². The standard InChI is InChI=1S/C14H20ClNO2/c1-14(2,3)18-13(17)16(11-7-10-15)12-8-5-4-6-9-12/h4-6,8-9H,7,10-11H2,1-3H3. The minimum Gasteiger partial charge on any atom is -0.443 e. The van der Waals surface area contributed by atoms with E-state index in [1.807, 2.05) is 51.1 Å². The van der Waals surface area contributed by atoms with E-state index in [1.165, 1.54) is 0 Å². The van der Waals surface area contributed by atoms with Crippen molar-refractivity contribution >= 4 is 23.4 Å². The topological polar surface area (TPSA) is 29.5 Å². The van der Waals surface area contributed by atoms with E-state index in [-0.39, 0.29) is 6.09 Å². The molecular weight excluding hydrogens is 250 g/mol. The first-order valence-corrected chi connectivity index (χ1v) is 6.59. The van der Waals surface area contributed by atoms with Crippen LogP contribution in [0.1, 0.15) is 27.2 Å². The molecule has 0 unspecified atom stereocenters. The Kier molecular flexibility index (Phi) is 5.48. The maximum absolute atomic E-state index is 12.1. The van der Waals surface area contributed by atoms with Crippen molar-refractivity contribution in [2.24, 2.45) is 0 Å². The van der Waals surface area contributed by atoms with Crippen LogP contribution in [0, 0.1) is 0 Å². The predicted octanol–water partition coefficient (Wildman–Crippen LogP) is 4.06. The molecule has 4 heteroatoms. The third-order valence-corrected chi connectivity index (χ3v) is 2.46. The Hall–Kier alpha value is -1.22. The Morgan fingerprint density at radius 2 is 1.89 bits per heavy atom. The maximum atomic E-state index is 12.1. The number of nitrogens with zero attached hydrogens (tertiary/aromatic N) is 1. The van der Waals surface area contributed by atoms with Gasteiger partial charge in [-0.1, -0.05) is 18.2 Å². The highest BCUT2D eigenvalue weighted by Gasteiger charge is 2.22. The molecule has 1 rings (SSSR count). The second-order valence-electron chi connectivity index (χ2n) is 5.01. The first-order chi connectivity index (χ1) is 8.44. The lowest BCUT2D eigenvalue weighted by molar-refractivity contribution is 0.0580. The average Bonchev–Trinajstić information content (AvgIpc) is 2.28. The van der Waals surface area contributed by atoms with Crippen LogP contribution in [-0.4, -0.2) is 24.1 Å². The number of hydrogen-bond acceptors (Lipinski definition) is 2. The summed E-state index contributed by atoms with van der Waals surface area (Å²) < 4.78 is 5.40. The number of halogens is 1. The van der Waals surface area contributed by atoms with Gasteiger partial charge >= 0.3 is 6.09 Å². The van der Waals surface area contributed by atoms with Crippen molar-refractivity contribution in [3.8, 4) is 0 Å². The van der Waals surface area contributed by atoms with Crippen LogP contribution in [0.5, 0.6) is 0 Å². The van der Waals surface area contributed by atoms with Crippen LogP contribution in [0.25, 0.3) is 0 Å². The molecule has 0 aliphatic rings. The largest absolute Gasteiger partial charge is 0.443 e. The van der Waals surface area contributed by atoms with Gasteiger partial charge in [-0.05, 0) is 39.3 Å². The van der Waals surface area contributed by atoms with Crippen molar-refractivity contribution < 1.29 is 9.53 Å².